The number of benzene rings is 1. The summed E-state index contributed by atoms with van der Waals surface area (Å²) in [5.74, 6) is 0. The maximum absolute atomic E-state index is 11.6. The third-order valence-corrected chi connectivity index (χ3v) is 5.34. The molecular formula is C14H21N3O2S. The summed E-state index contributed by atoms with van der Waals surface area (Å²) in [4.78, 5) is 2.73. The average molecular weight is 295 g/mol. The second kappa shape index (κ2) is 5.35. The third-order valence-electron chi connectivity index (χ3n) is 4.37. The molecule has 20 heavy (non-hydrogen) atoms. The van der Waals surface area contributed by atoms with E-state index in [2.05, 4.69) is 10.2 Å². The van der Waals surface area contributed by atoms with Crippen LogP contribution in [0.25, 0.3) is 0 Å². The summed E-state index contributed by atoms with van der Waals surface area (Å²) in [6.07, 6.45) is 4.68. The van der Waals surface area contributed by atoms with Crippen LogP contribution in [0.15, 0.2) is 29.2 Å². The monoisotopic (exact) mass is 295 g/mol. The van der Waals surface area contributed by atoms with Gasteiger partial charge in [-0.2, -0.15) is 0 Å². The van der Waals surface area contributed by atoms with Gasteiger partial charge < -0.3 is 10.2 Å². The van der Waals surface area contributed by atoms with Crippen molar-refractivity contribution in [3.63, 3.8) is 0 Å². The minimum absolute atomic E-state index is 0.189. The zero-order chi connectivity index (χ0) is 14.2. The zero-order valence-corrected chi connectivity index (χ0v) is 12.3. The largest absolute Gasteiger partial charge is 0.381 e. The van der Waals surface area contributed by atoms with Crippen molar-refractivity contribution in [1.82, 2.24) is 4.90 Å². The lowest BCUT2D eigenvalue weighted by atomic mass is 9.97. The van der Waals surface area contributed by atoms with Gasteiger partial charge >= 0.3 is 0 Å². The predicted molar refractivity (Wildman–Crippen MR) is 79.1 cm³/mol. The molecule has 0 aromatic heterocycles. The molecule has 2 unspecified atom stereocenters. The summed E-state index contributed by atoms with van der Waals surface area (Å²) in [7, 11) is -3.67. The summed E-state index contributed by atoms with van der Waals surface area (Å²) < 4.78 is 23.2. The maximum atomic E-state index is 11.6. The number of fused-ring (bicyclic) bond motifs is 1. The molecule has 1 aromatic rings. The molecule has 2 aliphatic heterocycles. The Morgan fingerprint density at radius 3 is 2.80 bits per heavy atom. The van der Waals surface area contributed by atoms with Gasteiger partial charge in [0, 0.05) is 18.6 Å². The van der Waals surface area contributed by atoms with Crippen molar-refractivity contribution in [3.8, 4) is 0 Å². The highest BCUT2D eigenvalue weighted by Crippen LogP contribution is 2.29. The first kappa shape index (κ1) is 13.9. The van der Waals surface area contributed by atoms with Crippen molar-refractivity contribution in [3.05, 3.63) is 24.3 Å². The lowest BCUT2D eigenvalue weighted by Crippen LogP contribution is -2.42. The van der Waals surface area contributed by atoms with Crippen molar-refractivity contribution in [1.29, 1.82) is 0 Å². The van der Waals surface area contributed by atoms with Gasteiger partial charge in [-0.15, -0.1) is 0 Å². The first-order chi connectivity index (χ1) is 9.54. The molecule has 0 bridgehead atoms. The van der Waals surface area contributed by atoms with E-state index in [9.17, 15) is 8.42 Å². The Morgan fingerprint density at radius 2 is 2.00 bits per heavy atom. The van der Waals surface area contributed by atoms with Crippen molar-refractivity contribution in [2.75, 3.05) is 18.4 Å². The Hall–Kier alpha value is -1.11. The fourth-order valence-electron chi connectivity index (χ4n) is 3.41. The van der Waals surface area contributed by atoms with E-state index >= 15 is 0 Å². The first-order valence-corrected chi connectivity index (χ1v) is 8.71. The Kier molecular flexibility index (Phi) is 3.70. The smallest absolute Gasteiger partial charge is 0.240 e. The number of rotatable bonds is 3. The van der Waals surface area contributed by atoms with Crippen LogP contribution in [0.1, 0.15) is 25.7 Å². The van der Waals surface area contributed by atoms with Gasteiger partial charge in [0.15, 0.2) is 0 Å². The molecule has 2 fully saturated rings. The molecule has 110 valence electrons. The van der Waals surface area contributed by atoms with Crippen LogP contribution >= 0.6 is 0 Å². The van der Waals surface area contributed by atoms with Crippen LogP contribution in [0.5, 0.6) is 0 Å². The number of sulfonamides is 1. The van der Waals surface area contributed by atoms with Crippen LogP contribution in [-0.2, 0) is 10.0 Å². The standard InChI is InChI=1S/C14H21N3O2S/c15-20(18,19)14-6-2-1-5-13(14)16-11-7-9-17-8-3-4-12(17)10-11/h1-2,5-6,11-12,16H,3-4,7-10H2,(H2,15,18,19). The van der Waals surface area contributed by atoms with Crippen molar-refractivity contribution >= 4 is 15.7 Å². The molecule has 0 spiro atoms. The molecule has 2 heterocycles. The molecule has 6 heteroatoms. The van der Waals surface area contributed by atoms with E-state index in [0.717, 1.165) is 19.4 Å². The fourth-order valence-corrected chi connectivity index (χ4v) is 4.11. The van der Waals surface area contributed by atoms with E-state index in [1.807, 2.05) is 6.07 Å². The molecule has 1 aromatic carbocycles. The Labute approximate surface area is 120 Å². The van der Waals surface area contributed by atoms with E-state index in [4.69, 9.17) is 5.14 Å². The predicted octanol–water partition coefficient (Wildman–Crippen LogP) is 1.37. The summed E-state index contributed by atoms with van der Waals surface area (Å²) in [5.41, 5.74) is 0.631. The highest BCUT2D eigenvalue weighted by molar-refractivity contribution is 7.89. The second-order valence-electron chi connectivity index (χ2n) is 5.74. The van der Waals surface area contributed by atoms with Crippen molar-refractivity contribution in [2.24, 2.45) is 5.14 Å². The quantitative estimate of drug-likeness (QED) is 0.883. The van der Waals surface area contributed by atoms with Crippen LogP contribution in [0.4, 0.5) is 5.69 Å². The number of anilines is 1. The molecular weight excluding hydrogens is 274 g/mol. The van der Waals surface area contributed by atoms with Crippen LogP contribution in [0, 0.1) is 0 Å². The summed E-state index contributed by atoms with van der Waals surface area (Å²) in [5, 5.41) is 8.66. The molecule has 2 aliphatic rings. The van der Waals surface area contributed by atoms with Gasteiger partial charge in [-0.1, -0.05) is 12.1 Å². The third kappa shape index (κ3) is 2.82. The molecule has 2 atom stereocenters. The Bertz CT molecular complexity index is 588. The van der Waals surface area contributed by atoms with E-state index in [1.165, 1.54) is 19.4 Å². The van der Waals surface area contributed by atoms with E-state index < -0.39 is 10.0 Å². The molecule has 0 aliphatic carbocycles. The van der Waals surface area contributed by atoms with Gasteiger partial charge in [-0.25, -0.2) is 13.6 Å². The molecule has 3 rings (SSSR count). The lowest BCUT2D eigenvalue weighted by Gasteiger charge is -2.35. The Morgan fingerprint density at radius 1 is 1.20 bits per heavy atom. The van der Waals surface area contributed by atoms with Gasteiger partial charge in [0.05, 0.1) is 5.69 Å². The van der Waals surface area contributed by atoms with Gasteiger partial charge in [0.2, 0.25) is 10.0 Å². The number of hydrogen-bond donors (Lipinski definition) is 2. The number of nitrogens with two attached hydrogens (primary N) is 1. The highest BCUT2D eigenvalue weighted by atomic mass is 32.2. The molecule has 5 nitrogen and oxygen atoms in total. The average Bonchev–Trinajstić information content (AvgIpc) is 2.85. The van der Waals surface area contributed by atoms with Gasteiger partial charge in [0.25, 0.3) is 0 Å². The van der Waals surface area contributed by atoms with E-state index in [0.29, 0.717) is 17.8 Å². The SMILES string of the molecule is NS(=O)(=O)c1ccccc1NC1CCN2CCCC2C1. The number of nitrogens with one attached hydrogen (secondary N) is 1. The number of piperidine rings is 1. The summed E-state index contributed by atoms with van der Waals surface area (Å²) >= 11 is 0. The Balaban J connectivity index is 1.75. The van der Waals surface area contributed by atoms with Crippen LogP contribution in [0.2, 0.25) is 0 Å². The summed E-state index contributed by atoms with van der Waals surface area (Å²) in [6.45, 7) is 2.31. The van der Waals surface area contributed by atoms with E-state index in [1.54, 1.807) is 18.2 Å². The zero-order valence-electron chi connectivity index (χ0n) is 11.5. The number of hydrogen-bond acceptors (Lipinski definition) is 4. The lowest BCUT2D eigenvalue weighted by molar-refractivity contribution is 0.188. The first-order valence-electron chi connectivity index (χ1n) is 7.16. The fraction of sp³-hybridized carbons (Fsp3) is 0.571. The van der Waals surface area contributed by atoms with Gasteiger partial charge in [-0.3, -0.25) is 0 Å². The second-order valence-corrected chi connectivity index (χ2v) is 7.27. The van der Waals surface area contributed by atoms with Gasteiger partial charge in [0.1, 0.15) is 4.90 Å². The molecule has 0 saturated carbocycles. The molecule has 0 radical (unpaired) electrons. The molecule has 2 saturated heterocycles. The van der Waals surface area contributed by atoms with Crippen molar-refractivity contribution in [2.45, 2.75) is 42.7 Å². The topological polar surface area (TPSA) is 75.4 Å². The minimum atomic E-state index is -3.67. The van der Waals surface area contributed by atoms with Crippen LogP contribution in [0.3, 0.4) is 0 Å². The number of nitrogens with zero attached hydrogens (tertiary/aromatic N) is 1. The molecule has 0 amide bonds. The normalized spacial score (nSPS) is 27.2. The molecule has 3 N–H and O–H groups in total. The van der Waals surface area contributed by atoms with Crippen molar-refractivity contribution < 1.29 is 8.42 Å². The highest BCUT2D eigenvalue weighted by Gasteiger charge is 2.32. The minimum Gasteiger partial charge on any atom is -0.381 e. The van der Waals surface area contributed by atoms with Crippen LogP contribution < -0.4 is 10.5 Å². The number of primary sulfonamides is 1. The van der Waals surface area contributed by atoms with E-state index in [-0.39, 0.29) is 4.90 Å². The van der Waals surface area contributed by atoms with Gasteiger partial charge in [-0.05, 0) is 44.4 Å². The summed E-state index contributed by atoms with van der Waals surface area (Å²) in [6, 6.07) is 7.87. The number of para-hydroxylation sites is 1. The van der Waals surface area contributed by atoms with Crippen LogP contribution in [-0.4, -0.2) is 38.5 Å². The maximum Gasteiger partial charge on any atom is 0.240 e.